The van der Waals surface area contributed by atoms with Crippen molar-refractivity contribution in [1.82, 2.24) is 10.6 Å². The summed E-state index contributed by atoms with van der Waals surface area (Å²) in [6.07, 6.45) is -14.7. The van der Waals surface area contributed by atoms with Gasteiger partial charge in [-0.15, -0.1) is 0 Å². The zero-order valence-electron chi connectivity index (χ0n) is 19.2. The van der Waals surface area contributed by atoms with E-state index in [-0.39, 0.29) is 0 Å². The molecule has 0 spiro atoms. The molecule has 1 aliphatic rings. The Hall–Kier alpha value is -2.03. The van der Waals surface area contributed by atoms with Crippen LogP contribution in [0.25, 0.3) is 0 Å². The largest absolute Gasteiger partial charge is 0.477 e. The van der Waals surface area contributed by atoms with Crippen molar-refractivity contribution < 1.29 is 74.9 Å². The number of carbonyl (C=O) groups is 3. The van der Waals surface area contributed by atoms with E-state index in [9.17, 15) is 55.2 Å². The van der Waals surface area contributed by atoms with E-state index in [4.69, 9.17) is 19.7 Å². The average molecular weight is 530 g/mol. The molecular weight excluding hydrogens is 496 g/mol. The number of hydrogen-bond donors (Lipinski definition) is 12. The molecule has 2 amide bonds. The third kappa shape index (κ3) is 7.98. The van der Waals surface area contributed by atoms with Crippen LogP contribution in [0.2, 0.25) is 0 Å². The first-order valence-corrected chi connectivity index (χ1v) is 10.8. The van der Waals surface area contributed by atoms with Crippen LogP contribution in [0.4, 0.5) is 0 Å². The fraction of sp³-hybridized carbons (Fsp3) is 0.842. The molecule has 1 saturated heterocycles. The number of carboxylic acids is 1. The first-order chi connectivity index (χ1) is 16.7. The van der Waals surface area contributed by atoms with Gasteiger partial charge in [0.05, 0.1) is 38.0 Å². The summed E-state index contributed by atoms with van der Waals surface area (Å²) in [4.78, 5) is 34.8. The highest BCUT2D eigenvalue weighted by Gasteiger charge is 2.56. The van der Waals surface area contributed by atoms with Crippen LogP contribution in [0.15, 0.2) is 0 Å². The minimum Gasteiger partial charge on any atom is -0.477 e. The van der Waals surface area contributed by atoms with E-state index in [2.05, 4.69) is 10.6 Å². The smallest absolute Gasteiger partial charge is 0.364 e. The Balaban J connectivity index is 3.13. The van der Waals surface area contributed by atoms with Gasteiger partial charge in [-0.05, 0) is 0 Å². The minimum atomic E-state index is -2.83. The topological polar surface area (TPSA) is 296 Å². The van der Waals surface area contributed by atoms with Gasteiger partial charge >= 0.3 is 5.97 Å². The van der Waals surface area contributed by atoms with E-state index in [1.807, 2.05) is 0 Å². The molecule has 17 nitrogen and oxygen atoms in total. The zero-order valence-corrected chi connectivity index (χ0v) is 19.2. The lowest BCUT2D eigenvalue weighted by Gasteiger charge is -2.46. The van der Waals surface area contributed by atoms with Gasteiger partial charge in [0, 0.05) is 13.3 Å². The molecule has 17 heteroatoms. The van der Waals surface area contributed by atoms with Crippen LogP contribution in [0, 0.1) is 0 Å². The third-order valence-corrected chi connectivity index (χ3v) is 5.52. The lowest BCUT2D eigenvalue weighted by molar-refractivity contribution is -0.317. The van der Waals surface area contributed by atoms with Crippen molar-refractivity contribution in [2.45, 2.75) is 73.9 Å². The monoisotopic (exact) mass is 530 g/mol. The maximum absolute atomic E-state index is 12.1. The van der Waals surface area contributed by atoms with E-state index < -0.39 is 111 Å². The summed E-state index contributed by atoms with van der Waals surface area (Å²) >= 11 is 0. The second kappa shape index (κ2) is 14.1. The van der Waals surface area contributed by atoms with Gasteiger partial charge in [0.15, 0.2) is 0 Å². The highest BCUT2D eigenvalue weighted by Crippen LogP contribution is 2.34. The fourth-order valence-electron chi connectivity index (χ4n) is 3.56. The number of hydrogen-bond acceptors (Lipinski definition) is 14. The lowest BCUT2D eigenvalue weighted by atomic mass is 9.88. The molecule has 0 aromatic heterocycles. The Kier molecular flexibility index (Phi) is 12.5. The number of aliphatic hydroxyl groups is 9. The quantitative estimate of drug-likeness (QED) is 0.0992. The molecule has 36 heavy (non-hydrogen) atoms. The van der Waals surface area contributed by atoms with Crippen LogP contribution >= 0.6 is 0 Å². The molecule has 0 aliphatic carbocycles. The summed E-state index contributed by atoms with van der Waals surface area (Å²) in [5.74, 6) is -6.44. The van der Waals surface area contributed by atoms with Gasteiger partial charge < -0.3 is 71.2 Å². The number of carboxylic acid groups (broad SMARTS) is 1. The van der Waals surface area contributed by atoms with E-state index in [1.54, 1.807) is 0 Å². The fourth-order valence-corrected chi connectivity index (χ4v) is 3.56. The summed E-state index contributed by atoms with van der Waals surface area (Å²) in [6.45, 7) is -2.89. The van der Waals surface area contributed by atoms with Gasteiger partial charge in [0.25, 0.3) is 5.79 Å². The highest BCUT2D eigenvalue weighted by molar-refractivity contribution is 5.78. The first kappa shape index (κ1) is 32.0. The van der Waals surface area contributed by atoms with Crippen molar-refractivity contribution in [2.75, 3.05) is 26.4 Å². The van der Waals surface area contributed by atoms with Gasteiger partial charge in [-0.1, -0.05) is 0 Å². The molecular formula is C19H34N2O15. The Morgan fingerprint density at radius 2 is 1.64 bits per heavy atom. The molecule has 1 fully saturated rings. The first-order valence-electron chi connectivity index (χ1n) is 10.8. The van der Waals surface area contributed by atoms with Gasteiger partial charge in [-0.2, -0.15) is 0 Å². The second-order valence-corrected chi connectivity index (χ2v) is 8.25. The van der Waals surface area contributed by atoms with Crippen LogP contribution in [-0.4, -0.2) is 156 Å². The summed E-state index contributed by atoms with van der Waals surface area (Å²) in [5, 5.41) is 103. The molecule has 10 atom stereocenters. The molecule has 0 saturated carbocycles. The molecule has 0 aromatic rings. The van der Waals surface area contributed by atoms with Gasteiger partial charge in [-0.25, -0.2) is 4.79 Å². The summed E-state index contributed by atoms with van der Waals surface area (Å²) < 4.78 is 10.4. The number of ether oxygens (including phenoxy) is 2. The molecule has 0 aromatic carbocycles. The predicted octanol–water partition coefficient (Wildman–Crippen LogP) is -7.30. The highest BCUT2D eigenvalue weighted by atomic mass is 16.7. The molecule has 1 heterocycles. The Morgan fingerprint density at radius 1 is 1.03 bits per heavy atom. The van der Waals surface area contributed by atoms with Crippen molar-refractivity contribution in [3.05, 3.63) is 0 Å². The van der Waals surface area contributed by atoms with Crippen molar-refractivity contribution in [2.24, 2.45) is 0 Å². The normalized spacial score (nSPS) is 29.3. The molecule has 0 radical (unpaired) electrons. The Labute approximate surface area is 204 Å². The number of aliphatic carboxylic acids is 1. The van der Waals surface area contributed by atoms with Crippen molar-refractivity contribution in [1.29, 1.82) is 0 Å². The predicted molar refractivity (Wildman–Crippen MR) is 113 cm³/mol. The molecule has 210 valence electrons. The van der Waals surface area contributed by atoms with E-state index in [0.717, 1.165) is 6.92 Å². The van der Waals surface area contributed by atoms with Crippen molar-refractivity contribution >= 4 is 17.8 Å². The molecule has 1 rings (SSSR count). The van der Waals surface area contributed by atoms with E-state index in [0.29, 0.717) is 0 Å². The summed E-state index contributed by atoms with van der Waals surface area (Å²) in [5.41, 5.74) is 0. The average Bonchev–Trinajstić information content (AvgIpc) is 2.84. The summed E-state index contributed by atoms with van der Waals surface area (Å²) in [7, 11) is 0. The van der Waals surface area contributed by atoms with Crippen LogP contribution < -0.4 is 10.6 Å². The second-order valence-electron chi connectivity index (χ2n) is 8.25. The van der Waals surface area contributed by atoms with Crippen LogP contribution in [0.3, 0.4) is 0 Å². The molecule has 0 bridgehead atoms. The molecule has 12 N–H and O–H groups in total. The van der Waals surface area contributed by atoms with Crippen LogP contribution in [0.5, 0.6) is 0 Å². The number of carbonyl (C=O) groups excluding carboxylic acids is 2. The van der Waals surface area contributed by atoms with Crippen molar-refractivity contribution in [3.63, 3.8) is 0 Å². The van der Waals surface area contributed by atoms with Gasteiger partial charge in [0.2, 0.25) is 11.8 Å². The van der Waals surface area contributed by atoms with Crippen LogP contribution in [0.1, 0.15) is 13.3 Å². The summed E-state index contributed by atoms with van der Waals surface area (Å²) in [6, 6.07) is -2.99. The molecule has 0 unspecified atom stereocenters. The molecule has 1 aliphatic heterocycles. The van der Waals surface area contributed by atoms with E-state index in [1.165, 1.54) is 0 Å². The van der Waals surface area contributed by atoms with Crippen LogP contribution in [-0.2, 0) is 23.9 Å². The number of nitrogens with one attached hydrogen (secondary N) is 2. The van der Waals surface area contributed by atoms with Crippen molar-refractivity contribution in [3.8, 4) is 0 Å². The minimum absolute atomic E-state index is 0.669. The van der Waals surface area contributed by atoms with Gasteiger partial charge in [0.1, 0.15) is 43.2 Å². The SMILES string of the molecule is CC(=O)N[C@@H](CO)[C@@H](O)[C@@H](O)[C@H](O)CO[C@]1(C(=O)O)C[C@H](O)[C@@H](NC(=O)CO)[C@H]([C@H](O)[C@H](O)CO)O1. The maximum Gasteiger partial charge on any atom is 0.364 e. The van der Waals surface area contributed by atoms with Gasteiger partial charge in [-0.3, -0.25) is 9.59 Å². The lowest BCUT2D eigenvalue weighted by Crippen LogP contribution is -2.68. The van der Waals surface area contributed by atoms with E-state index >= 15 is 0 Å². The number of amides is 2. The number of aliphatic hydroxyl groups excluding tert-OH is 9. The Morgan fingerprint density at radius 3 is 2.11 bits per heavy atom. The zero-order chi connectivity index (χ0) is 27.8. The maximum atomic E-state index is 12.1. The number of rotatable bonds is 14. The standard InChI is InChI=1S/C19H34N2O15/c1-7(25)20-8(3-22)14(30)15(31)11(28)6-35-19(18(33)34)2-9(26)13(21-12(29)5-24)17(36-19)16(32)10(27)4-23/h8-11,13-17,22-24,26-28,30-32H,2-6H2,1H3,(H,20,25)(H,21,29)(H,33,34)/t8-,9-,10+,11+,13+,14+,15-,16+,17+,19+/m0/s1. The third-order valence-electron chi connectivity index (χ3n) is 5.52. The Bertz CT molecular complexity index is 742.